The van der Waals surface area contributed by atoms with Crippen LogP contribution in [0.4, 0.5) is 5.00 Å². The van der Waals surface area contributed by atoms with Gasteiger partial charge in [0.15, 0.2) is 11.0 Å². The maximum atomic E-state index is 12.9. The summed E-state index contributed by atoms with van der Waals surface area (Å²) in [5, 5.41) is 12.7. The highest BCUT2D eigenvalue weighted by atomic mass is 79.9. The van der Waals surface area contributed by atoms with Crippen LogP contribution < -0.4 is 10.1 Å². The van der Waals surface area contributed by atoms with Gasteiger partial charge in [-0.15, -0.1) is 21.5 Å². The first-order valence-electron chi connectivity index (χ1n) is 11.9. The Morgan fingerprint density at radius 3 is 2.75 bits per heavy atom. The number of anilines is 1. The van der Waals surface area contributed by atoms with E-state index in [9.17, 15) is 9.59 Å². The number of thioether (sulfide) groups is 1. The molecule has 8 nitrogen and oxygen atoms in total. The molecule has 0 saturated carbocycles. The van der Waals surface area contributed by atoms with Crippen LogP contribution in [0.25, 0.3) is 0 Å². The molecule has 0 saturated heterocycles. The van der Waals surface area contributed by atoms with E-state index in [-0.39, 0.29) is 24.2 Å². The predicted octanol–water partition coefficient (Wildman–Crippen LogP) is 5.73. The van der Waals surface area contributed by atoms with Gasteiger partial charge < -0.3 is 19.4 Å². The lowest BCUT2D eigenvalue weighted by atomic mass is 9.88. The number of halogens is 1. The molecule has 0 fully saturated rings. The Morgan fingerprint density at radius 2 is 2.03 bits per heavy atom. The lowest BCUT2D eigenvalue weighted by Gasteiger charge is -2.18. The largest absolute Gasteiger partial charge is 0.486 e. The fraction of sp³-hybridized carbons (Fsp3) is 0.440. The van der Waals surface area contributed by atoms with E-state index >= 15 is 0 Å². The van der Waals surface area contributed by atoms with Crippen molar-refractivity contribution in [3.63, 3.8) is 0 Å². The summed E-state index contributed by atoms with van der Waals surface area (Å²) in [6.45, 7) is 7.22. The third-order valence-electron chi connectivity index (χ3n) is 5.87. The number of nitrogens with zero attached hydrogens (tertiary/aromatic N) is 3. The molecule has 0 radical (unpaired) electrons. The van der Waals surface area contributed by atoms with E-state index in [1.165, 1.54) is 28.0 Å². The Hall–Kier alpha value is -2.37. The smallest absolute Gasteiger partial charge is 0.341 e. The van der Waals surface area contributed by atoms with Gasteiger partial charge in [0.25, 0.3) is 0 Å². The van der Waals surface area contributed by atoms with Gasteiger partial charge in [-0.1, -0.05) is 34.6 Å². The molecule has 3 aromatic rings. The number of amides is 1. The summed E-state index contributed by atoms with van der Waals surface area (Å²) in [6.07, 6.45) is 2.78. The number of carbonyl (C=O) groups is 2. The summed E-state index contributed by atoms with van der Waals surface area (Å²) in [5.74, 6) is 1.57. The SMILES string of the molecule is CCOC(=O)c1c(NC(=O)CSc2nnc(COc3ccc(Br)cc3)n2CC)sc2c1CCC(C)C2. The standard InChI is InChI=1S/C25H29BrN4O4S2/c1-4-30-20(13-34-17-9-7-16(26)8-10-17)28-29-25(30)35-14-21(31)27-23-22(24(32)33-5-2)18-11-6-15(3)12-19(18)36-23/h7-10,15H,4-6,11-14H2,1-3H3,(H,27,31). The van der Waals surface area contributed by atoms with Crippen molar-refractivity contribution in [1.29, 1.82) is 0 Å². The van der Waals surface area contributed by atoms with Gasteiger partial charge in [-0.25, -0.2) is 4.79 Å². The minimum Gasteiger partial charge on any atom is -0.486 e. The molecule has 192 valence electrons. The fourth-order valence-corrected chi connectivity index (χ4v) is 6.58. The summed E-state index contributed by atoms with van der Waals surface area (Å²) in [5.41, 5.74) is 1.55. The van der Waals surface area contributed by atoms with Crippen molar-refractivity contribution in [2.75, 3.05) is 17.7 Å². The van der Waals surface area contributed by atoms with Crippen LogP contribution in [0.1, 0.15) is 53.8 Å². The number of hydrogen-bond acceptors (Lipinski definition) is 8. The van der Waals surface area contributed by atoms with Crippen molar-refractivity contribution < 1.29 is 19.1 Å². The maximum absolute atomic E-state index is 12.9. The highest BCUT2D eigenvalue weighted by molar-refractivity contribution is 9.10. The summed E-state index contributed by atoms with van der Waals surface area (Å²) in [7, 11) is 0. The molecular weight excluding hydrogens is 564 g/mol. The molecule has 1 unspecified atom stereocenters. The lowest BCUT2D eigenvalue weighted by molar-refractivity contribution is -0.113. The molecule has 4 rings (SSSR count). The van der Waals surface area contributed by atoms with E-state index in [1.54, 1.807) is 6.92 Å². The number of ether oxygens (including phenoxy) is 2. The van der Waals surface area contributed by atoms with E-state index in [1.807, 2.05) is 35.8 Å². The number of fused-ring (bicyclic) bond motifs is 1. The van der Waals surface area contributed by atoms with Crippen LogP contribution in [0.3, 0.4) is 0 Å². The van der Waals surface area contributed by atoms with Gasteiger partial charge in [-0.3, -0.25) is 4.79 Å². The molecule has 1 aliphatic carbocycles. The van der Waals surface area contributed by atoms with Crippen molar-refractivity contribution >= 4 is 55.9 Å². The molecular formula is C25H29BrN4O4S2. The second kappa shape index (κ2) is 12.2. The van der Waals surface area contributed by atoms with Crippen molar-refractivity contribution in [2.24, 2.45) is 5.92 Å². The zero-order valence-corrected chi connectivity index (χ0v) is 23.7. The third kappa shape index (κ3) is 6.30. The van der Waals surface area contributed by atoms with Crippen LogP contribution in [0, 0.1) is 5.92 Å². The highest BCUT2D eigenvalue weighted by Crippen LogP contribution is 2.40. The molecule has 36 heavy (non-hydrogen) atoms. The van der Waals surface area contributed by atoms with Crippen molar-refractivity contribution in [1.82, 2.24) is 14.8 Å². The molecule has 1 amide bonds. The van der Waals surface area contributed by atoms with Crippen LogP contribution in [-0.2, 0) is 35.5 Å². The molecule has 2 aromatic heterocycles. The molecule has 0 bridgehead atoms. The number of hydrogen-bond donors (Lipinski definition) is 1. The quantitative estimate of drug-likeness (QED) is 0.237. The van der Waals surface area contributed by atoms with Gasteiger partial charge in [0.2, 0.25) is 5.91 Å². The maximum Gasteiger partial charge on any atom is 0.341 e. The van der Waals surface area contributed by atoms with Crippen LogP contribution in [0.15, 0.2) is 33.9 Å². The number of rotatable bonds is 10. The minimum absolute atomic E-state index is 0.146. The van der Waals surface area contributed by atoms with Gasteiger partial charge in [0.05, 0.1) is 17.9 Å². The van der Waals surface area contributed by atoms with Crippen molar-refractivity contribution in [3.8, 4) is 5.75 Å². The molecule has 1 aromatic carbocycles. The summed E-state index contributed by atoms with van der Waals surface area (Å²) in [4.78, 5) is 26.7. The Labute approximate surface area is 227 Å². The first-order chi connectivity index (χ1) is 17.4. The molecule has 11 heteroatoms. The number of esters is 1. The van der Waals surface area contributed by atoms with Gasteiger partial charge in [0, 0.05) is 15.9 Å². The Morgan fingerprint density at radius 1 is 1.25 bits per heavy atom. The van der Waals surface area contributed by atoms with Gasteiger partial charge in [0.1, 0.15) is 17.4 Å². The number of benzene rings is 1. The molecule has 1 aliphatic rings. The van der Waals surface area contributed by atoms with Crippen LogP contribution in [0.2, 0.25) is 0 Å². The topological polar surface area (TPSA) is 95.3 Å². The van der Waals surface area contributed by atoms with E-state index in [0.717, 1.165) is 35.0 Å². The van der Waals surface area contributed by atoms with E-state index in [2.05, 4.69) is 38.4 Å². The van der Waals surface area contributed by atoms with Gasteiger partial charge in [-0.2, -0.15) is 0 Å². The highest BCUT2D eigenvalue weighted by Gasteiger charge is 2.29. The molecule has 2 heterocycles. The summed E-state index contributed by atoms with van der Waals surface area (Å²) >= 11 is 6.21. The predicted molar refractivity (Wildman–Crippen MR) is 145 cm³/mol. The Kier molecular flexibility index (Phi) is 9.08. The molecule has 1 atom stereocenters. The normalized spacial score (nSPS) is 14.8. The average Bonchev–Trinajstić information content (AvgIpc) is 3.42. The molecule has 0 aliphatic heterocycles. The zero-order valence-electron chi connectivity index (χ0n) is 20.5. The van der Waals surface area contributed by atoms with Crippen LogP contribution in [-0.4, -0.2) is 39.0 Å². The first-order valence-corrected chi connectivity index (χ1v) is 14.5. The monoisotopic (exact) mass is 592 g/mol. The van der Waals surface area contributed by atoms with Crippen LogP contribution in [0.5, 0.6) is 5.75 Å². The second-order valence-electron chi connectivity index (χ2n) is 8.50. The van der Waals surface area contributed by atoms with Crippen molar-refractivity contribution in [2.45, 2.75) is 58.3 Å². The van der Waals surface area contributed by atoms with Gasteiger partial charge >= 0.3 is 5.97 Å². The van der Waals surface area contributed by atoms with Gasteiger partial charge in [-0.05, 0) is 68.9 Å². The average molecular weight is 594 g/mol. The third-order valence-corrected chi connectivity index (χ3v) is 8.53. The number of carbonyl (C=O) groups excluding carboxylic acids is 2. The van der Waals surface area contributed by atoms with E-state index in [4.69, 9.17) is 9.47 Å². The summed E-state index contributed by atoms with van der Waals surface area (Å²) < 4.78 is 14.1. The number of aromatic nitrogens is 3. The molecule has 1 N–H and O–H groups in total. The second-order valence-corrected chi connectivity index (χ2v) is 11.5. The van der Waals surface area contributed by atoms with Crippen molar-refractivity contribution in [3.05, 3.63) is 50.6 Å². The first kappa shape index (κ1) is 26.7. The van der Waals surface area contributed by atoms with E-state index < -0.39 is 0 Å². The molecule has 0 spiro atoms. The fourth-order valence-electron chi connectivity index (χ4n) is 4.08. The van der Waals surface area contributed by atoms with E-state index in [0.29, 0.717) is 40.6 Å². The minimum atomic E-state index is -0.367. The Balaban J connectivity index is 1.41. The Bertz CT molecular complexity index is 1230. The van der Waals surface area contributed by atoms with Crippen LogP contribution >= 0.6 is 39.0 Å². The number of thiophene rings is 1. The summed E-state index contributed by atoms with van der Waals surface area (Å²) in [6, 6.07) is 7.59. The number of nitrogens with one attached hydrogen (secondary N) is 1. The zero-order chi connectivity index (χ0) is 25.7. The lowest BCUT2D eigenvalue weighted by Crippen LogP contribution is -2.18.